The molecule has 0 fully saturated rings. The maximum Gasteiger partial charge on any atom is 0.263 e. The summed E-state index contributed by atoms with van der Waals surface area (Å²) in [5.41, 5.74) is 1.52. The molecule has 0 radical (unpaired) electrons. The minimum atomic E-state index is -2.46. The molecule has 0 heterocycles. The number of benzene rings is 2. The van der Waals surface area contributed by atoms with Crippen molar-refractivity contribution in [2.45, 2.75) is 13.0 Å². The molecular weight excluding hydrogens is 284 g/mol. The van der Waals surface area contributed by atoms with Crippen molar-refractivity contribution in [3.63, 3.8) is 0 Å². The summed E-state index contributed by atoms with van der Waals surface area (Å²) in [5, 5.41) is 4.38. The molecule has 2 aromatic carbocycles. The summed E-state index contributed by atoms with van der Waals surface area (Å²) in [7, 11) is 0. The lowest BCUT2D eigenvalue weighted by Gasteiger charge is -2.02. The van der Waals surface area contributed by atoms with E-state index in [4.69, 9.17) is 16.4 Å². The first-order valence-electron chi connectivity index (χ1n) is 5.93. The van der Waals surface area contributed by atoms with Crippen LogP contribution in [0, 0.1) is 0 Å². The fraction of sp³-hybridized carbons (Fsp3) is 0.133. The molecule has 5 heteroatoms. The Hall–Kier alpha value is -1.94. The minimum absolute atomic E-state index is 0.00619. The number of hydrogen-bond donors (Lipinski definition) is 0. The van der Waals surface area contributed by atoms with Crippen molar-refractivity contribution >= 4 is 17.8 Å². The summed E-state index contributed by atoms with van der Waals surface area (Å²) in [6.45, 7) is 0.213. The number of rotatable bonds is 5. The van der Waals surface area contributed by atoms with Crippen LogP contribution < -0.4 is 0 Å². The van der Waals surface area contributed by atoms with Crippen molar-refractivity contribution in [2.75, 3.05) is 0 Å². The summed E-state index contributed by atoms with van der Waals surface area (Å²) < 4.78 is 24.7. The monoisotopic (exact) mass is 295 g/mol. The van der Waals surface area contributed by atoms with Gasteiger partial charge in [-0.25, -0.2) is 8.78 Å². The predicted octanol–water partition coefficient (Wildman–Crippen LogP) is 4.83. The highest BCUT2D eigenvalue weighted by molar-refractivity contribution is 6.33. The van der Waals surface area contributed by atoms with Crippen molar-refractivity contribution in [3.8, 4) is 0 Å². The fourth-order valence-corrected chi connectivity index (χ4v) is 1.73. The van der Waals surface area contributed by atoms with E-state index >= 15 is 0 Å². The van der Waals surface area contributed by atoms with E-state index in [-0.39, 0.29) is 12.2 Å². The van der Waals surface area contributed by atoms with Crippen LogP contribution in [0.15, 0.2) is 53.7 Å². The van der Waals surface area contributed by atoms with Crippen molar-refractivity contribution in [2.24, 2.45) is 5.16 Å². The minimum Gasteiger partial charge on any atom is -0.391 e. The quantitative estimate of drug-likeness (QED) is 0.572. The Morgan fingerprint density at radius 3 is 2.45 bits per heavy atom. The van der Waals surface area contributed by atoms with Crippen LogP contribution in [0.1, 0.15) is 23.1 Å². The first kappa shape index (κ1) is 14.5. The van der Waals surface area contributed by atoms with Gasteiger partial charge in [-0.3, -0.25) is 0 Å². The molecule has 0 atom stereocenters. The molecule has 0 aliphatic rings. The topological polar surface area (TPSA) is 21.6 Å². The molecule has 0 saturated heterocycles. The molecule has 0 aliphatic heterocycles. The lowest BCUT2D eigenvalue weighted by atomic mass is 10.1. The second-order valence-corrected chi connectivity index (χ2v) is 4.48. The average Bonchev–Trinajstić information content (AvgIpc) is 2.46. The molecule has 2 aromatic rings. The normalized spacial score (nSPS) is 11.2. The second kappa shape index (κ2) is 7.01. The molecule has 0 spiro atoms. The molecule has 0 aliphatic carbocycles. The third kappa shape index (κ3) is 4.03. The van der Waals surface area contributed by atoms with Gasteiger partial charge in [-0.1, -0.05) is 59.2 Å². The van der Waals surface area contributed by atoms with Gasteiger partial charge in [0.15, 0.2) is 0 Å². The van der Waals surface area contributed by atoms with Gasteiger partial charge in [-0.2, -0.15) is 0 Å². The van der Waals surface area contributed by atoms with Crippen LogP contribution in [-0.2, 0) is 11.4 Å². The van der Waals surface area contributed by atoms with Gasteiger partial charge >= 0.3 is 0 Å². The van der Waals surface area contributed by atoms with Gasteiger partial charge in [0.25, 0.3) is 6.43 Å². The Morgan fingerprint density at radius 1 is 1.10 bits per heavy atom. The summed E-state index contributed by atoms with van der Waals surface area (Å²) in [6.07, 6.45) is -0.946. The Labute approximate surface area is 120 Å². The molecule has 0 amide bonds. The van der Waals surface area contributed by atoms with Gasteiger partial charge in [-0.15, -0.1) is 0 Å². The van der Waals surface area contributed by atoms with Crippen LogP contribution in [0.5, 0.6) is 0 Å². The molecule has 0 N–H and O–H groups in total. The van der Waals surface area contributed by atoms with E-state index in [2.05, 4.69) is 5.16 Å². The third-order valence-corrected chi connectivity index (χ3v) is 2.98. The number of alkyl halides is 2. The Balaban J connectivity index is 1.88. The van der Waals surface area contributed by atoms with Crippen LogP contribution in [-0.4, -0.2) is 6.21 Å². The highest BCUT2D eigenvalue weighted by Gasteiger charge is 2.05. The maximum atomic E-state index is 12.4. The highest BCUT2D eigenvalue weighted by Crippen LogP contribution is 2.19. The molecule has 0 unspecified atom stereocenters. The summed E-state index contributed by atoms with van der Waals surface area (Å²) in [4.78, 5) is 5.10. The van der Waals surface area contributed by atoms with E-state index in [0.29, 0.717) is 5.02 Å². The zero-order valence-corrected chi connectivity index (χ0v) is 11.2. The lowest BCUT2D eigenvalue weighted by molar-refractivity contribution is 0.131. The van der Waals surface area contributed by atoms with Crippen LogP contribution in [0.3, 0.4) is 0 Å². The van der Waals surface area contributed by atoms with Gasteiger partial charge in [0.2, 0.25) is 0 Å². The van der Waals surface area contributed by atoms with Crippen LogP contribution in [0.4, 0.5) is 8.78 Å². The number of halogens is 3. The Bertz CT molecular complexity index is 585. The average molecular weight is 296 g/mol. The van der Waals surface area contributed by atoms with Crippen molar-refractivity contribution in [1.82, 2.24) is 0 Å². The molecule has 0 aromatic heterocycles. The Morgan fingerprint density at radius 2 is 1.80 bits per heavy atom. The van der Waals surface area contributed by atoms with Crippen LogP contribution >= 0.6 is 11.6 Å². The Kier molecular flexibility index (Phi) is 5.07. The number of oxime groups is 1. The van der Waals surface area contributed by atoms with Gasteiger partial charge < -0.3 is 4.84 Å². The third-order valence-electron chi connectivity index (χ3n) is 2.63. The SMILES string of the molecule is FC(F)c1ccc(CON=Cc2ccccc2Cl)cc1. The molecule has 0 saturated carbocycles. The van der Waals surface area contributed by atoms with Crippen LogP contribution in [0.25, 0.3) is 0 Å². The van der Waals surface area contributed by atoms with Crippen molar-refractivity contribution < 1.29 is 13.6 Å². The summed E-state index contributed by atoms with van der Waals surface area (Å²) in [5.74, 6) is 0. The predicted molar refractivity (Wildman–Crippen MR) is 75.2 cm³/mol. The van der Waals surface area contributed by atoms with Crippen molar-refractivity contribution in [3.05, 3.63) is 70.2 Å². The molecular formula is C15H12ClF2NO. The van der Waals surface area contributed by atoms with Crippen molar-refractivity contribution in [1.29, 1.82) is 0 Å². The first-order valence-corrected chi connectivity index (χ1v) is 6.31. The number of nitrogens with zero attached hydrogens (tertiary/aromatic N) is 1. The standard InChI is InChI=1S/C15H12ClF2NO/c16-14-4-2-1-3-13(14)9-19-20-10-11-5-7-12(8-6-11)15(17)18/h1-9,15H,10H2. The molecule has 2 nitrogen and oxygen atoms in total. The van der Waals surface area contributed by atoms with Crippen LogP contribution in [0.2, 0.25) is 5.02 Å². The largest absolute Gasteiger partial charge is 0.391 e. The number of hydrogen-bond acceptors (Lipinski definition) is 2. The van der Waals surface area contributed by atoms with Gasteiger partial charge in [0, 0.05) is 16.1 Å². The molecule has 2 rings (SSSR count). The molecule has 20 heavy (non-hydrogen) atoms. The van der Waals surface area contributed by atoms with E-state index in [0.717, 1.165) is 11.1 Å². The van der Waals surface area contributed by atoms with E-state index in [1.807, 2.05) is 18.2 Å². The zero-order chi connectivity index (χ0) is 14.4. The molecule has 0 bridgehead atoms. The van der Waals surface area contributed by atoms with E-state index in [1.54, 1.807) is 18.2 Å². The highest BCUT2D eigenvalue weighted by atomic mass is 35.5. The van der Waals surface area contributed by atoms with E-state index in [9.17, 15) is 8.78 Å². The summed E-state index contributed by atoms with van der Waals surface area (Å²) in [6, 6.07) is 13.2. The van der Waals surface area contributed by atoms with E-state index < -0.39 is 6.43 Å². The zero-order valence-electron chi connectivity index (χ0n) is 10.5. The van der Waals surface area contributed by atoms with Gasteiger partial charge in [0.05, 0.1) is 6.21 Å². The fourth-order valence-electron chi connectivity index (χ4n) is 1.54. The van der Waals surface area contributed by atoms with E-state index in [1.165, 1.54) is 18.3 Å². The molecule has 104 valence electrons. The second-order valence-electron chi connectivity index (χ2n) is 4.07. The lowest BCUT2D eigenvalue weighted by Crippen LogP contribution is -1.90. The van der Waals surface area contributed by atoms with Gasteiger partial charge in [0.1, 0.15) is 6.61 Å². The van der Waals surface area contributed by atoms with Gasteiger partial charge in [-0.05, 0) is 11.6 Å². The smallest absolute Gasteiger partial charge is 0.263 e. The summed E-state index contributed by atoms with van der Waals surface area (Å²) >= 11 is 5.95. The maximum absolute atomic E-state index is 12.4. The first-order chi connectivity index (χ1) is 9.66.